The van der Waals surface area contributed by atoms with Crippen molar-refractivity contribution in [1.82, 2.24) is 15.2 Å². The van der Waals surface area contributed by atoms with E-state index >= 15 is 4.39 Å². The topological polar surface area (TPSA) is 90.3 Å². The molecular formula is C26H28FN5O2. The van der Waals surface area contributed by atoms with Gasteiger partial charge in [-0.1, -0.05) is 6.92 Å². The zero-order valence-corrected chi connectivity index (χ0v) is 19.5. The number of hydrogen-bond acceptors (Lipinski definition) is 6. The summed E-state index contributed by atoms with van der Waals surface area (Å²) in [7, 11) is 3.76. The van der Waals surface area contributed by atoms with Crippen LogP contribution in [-0.2, 0) is 6.42 Å². The number of aromatic nitrogens is 1. The number of benzene rings is 2. The lowest BCUT2D eigenvalue weighted by atomic mass is 9.98. The number of anilines is 1. The summed E-state index contributed by atoms with van der Waals surface area (Å²) < 4.78 is 21.1. The van der Waals surface area contributed by atoms with Crippen molar-refractivity contribution < 1.29 is 13.9 Å². The largest absolute Gasteiger partial charge is 0.457 e. The summed E-state index contributed by atoms with van der Waals surface area (Å²) in [6, 6.07) is 12.1. The zero-order valence-electron chi connectivity index (χ0n) is 19.5. The predicted octanol–water partition coefficient (Wildman–Crippen LogP) is 4.33. The molecule has 1 aliphatic heterocycles. The monoisotopic (exact) mass is 461 g/mol. The molecule has 0 saturated carbocycles. The van der Waals surface area contributed by atoms with Gasteiger partial charge >= 0.3 is 0 Å². The summed E-state index contributed by atoms with van der Waals surface area (Å²) in [4.78, 5) is 19.2. The molecule has 176 valence electrons. The van der Waals surface area contributed by atoms with E-state index in [4.69, 9.17) is 10.1 Å². The molecule has 2 heterocycles. The third-order valence-corrected chi connectivity index (χ3v) is 5.89. The average Bonchev–Trinajstić information content (AvgIpc) is 2.82. The second-order valence-corrected chi connectivity index (χ2v) is 8.36. The van der Waals surface area contributed by atoms with Crippen LogP contribution >= 0.6 is 0 Å². The van der Waals surface area contributed by atoms with Gasteiger partial charge in [-0.3, -0.25) is 9.78 Å². The highest BCUT2D eigenvalue weighted by molar-refractivity contribution is 5.97. The number of likely N-dealkylation sites (N-methyl/N-ethyl adjacent to an activating group) is 1. The number of nitrogens with one attached hydrogen (secondary N) is 3. The average molecular weight is 462 g/mol. The van der Waals surface area contributed by atoms with Gasteiger partial charge in [0.1, 0.15) is 17.3 Å². The number of nitrogens with zero attached hydrogens (tertiary/aromatic N) is 2. The van der Waals surface area contributed by atoms with Crippen molar-refractivity contribution >= 4 is 17.8 Å². The molecule has 0 spiro atoms. The lowest BCUT2D eigenvalue weighted by Gasteiger charge is -2.36. The summed E-state index contributed by atoms with van der Waals surface area (Å²) >= 11 is 0. The fourth-order valence-electron chi connectivity index (χ4n) is 4.10. The first-order valence-corrected chi connectivity index (χ1v) is 11.2. The quantitative estimate of drug-likeness (QED) is 0.435. The highest BCUT2D eigenvalue weighted by Gasteiger charge is 2.27. The Morgan fingerprint density at radius 1 is 1.24 bits per heavy atom. The first-order chi connectivity index (χ1) is 16.4. The molecule has 0 bridgehead atoms. The van der Waals surface area contributed by atoms with E-state index in [0.29, 0.717) is 34.7 Å². The van der Waals surface area contributed by atoms with Gasteiger partial charge in [-0.2, -0.15) is 0 Å². The van der Waals surface area contributed by atoms with E-state index < -0.39 is 5.82 Å². The first kappa shape index (κ1) is 23.4. The van der Waals surface area contributed by atoms with Gasteiger partial charge < -0.3 is 25.7 Å². The number of carbonyl (C=O) groups is 1. The molecule has 2 aromatic carbocycles. The molecule has 0 aliphatic carbocycles. The second kappa shape index (κ2) is 10.0. The summed E-state index contributed by atoms with van der Waals surface area (Å²) in [5.41, 5.74) is 3.38. The van der Waals surface area contributed by atoms with E-state index in [1.165, 1.54) is 12.3 Å². The van der Waals surface area contributed by atoms with Crippen LogP contribution in [0.1, 0.15) is 28.4 Å². The van der Waals surface area contributed by atoms with E-state index in [-0.39, 0.29) is 17.5 Å². The van der Waals surface area contributed by atoms with Gasteiger partial charge in [0.05, 0.1) is 17.3 Å². The van der Waals surface area contributed by atoms with Gasteiger partial charge in [0.15, 0.2) is 0 Å². The van der Waals surface area contributed by atoms with Crippen molar-refractivity contribution in [3.05, 3.63) is 71.2 Å². The fraction of sp³-hybridized carbons (Fsp3) is 0.269. The number of hydrogen-bond donors (Lipinski definition) is 3. The summed E-state index contributed by atoms with van der Waals surface area (Å²) in [6.45, 7) is 3.43. The number of ether oxygens (including phenoxy) is 1. The van der Waals surface area contributed by atoms with Crippen LogP contribution in [0.4, 0.5) is 10.1 Å². The Bertz CT molecular complexity index is 1220. The van der Waals surface area contributed by atoms with Gasteiger partial charge in [-0.15, -0.1) is 0 Å². The van der Waals surface area contributed by atoms with Gasteiger partial charge in [0, 0.05) is 61.5 Å². The van der Waals surface area contributed by atoms with Gasteiger partial charge in [0.25, 0.3) is 5.91 Å². The molecule has 1 fully saturated rings. The number of pyridine rings is 1. The molecule has 0 atom stereocenters. The van der Waals surface area contributed by atoms with Crippen LogP contribution in [0.2, 0.25) is 0 Å². The summed E-state index contributed by atoms with van der Waals surface area (Å²) in [5.74, 6) is 0.205. The number of halogens is 1. The Labute approximate surface area is 198 Å². The minimum absolute atomic E-state index is 0.0493. The van der Waals surface area contributed by atoms with Crippen LogP contribution in [0.5, 0.6) is 11.5 Å². The van der Waals surface area contributed by atoms with E-state index in [1.807, 2.05) is 26.1 Å². The molecule has 1 saturated heterocycles. The fourth-order valence-corrected chi connectivity index (χ4v) is 4.10. The van der Waals surface area contributed by atoms with Crippen LogP contribution in [0.3, 0.4) is 0 Å². The Morgan fingerprint density at radius 2 is 2.00 bits per heavy atom. The molecule has 3 N–H and O–H groups in total. The van der Waals surface area contributed by atoms with E-state index in [9.17, 15) is 4.79 Å². The maximum Gasteiger partial charge on any atom is 0.254 e. The SMILES string of the molecule is CCc1cc(-c2cc(Oc3ccc(C=N)c(NC)c3)ccn2)cc(F)c1C(=O)NC1CN(C)C1. The lowest BCUT2D eigenvalue weighted by molar-refractivity contribution is 0.0853. The summed E-state index contributed by atoms with van der Waals surface area (Å²) in [6.07, 6.45) is 3.39. The van der Waals surface area contributed by atoms with Crippen molar-refractivity contribution in [2.24, 2.45) is 0 Å². The molecule has 0 radical (unpaired) electrons. The van der Waals surface area contributed by atoms with Gasteiger partial charge in [-0.25, -0.2) is 4.39 Å². The van der Waals surface area contributed by atoms with E-state index in [1.54, 1.807) is 37.5 Å². The lowest BCUT2D eigenvalue weighted by Crippen LogP contribution is -2.57. The van der Waals surface area contributed by atoms with Crippen molar-refractivity contribution in [2.45, 2.75) is 19.4 Å². The van der Waals surface area contributed by atoms with Crippen LogP contribution in [0.15, 0.2) is 48.7 Å². The van der Waals surface area contributed by atoms with Gasteiger partial charge in [-0.05, 0) is 49.4 Å². The Kier molecular flexibility index (Phi) is 6.88. The van der Waals surface area contributed by atoms with E-state index in [2.05, 4.69) is 20.5 Å². The molecule has 0 unspecified atom stereocenters. The Hall–Kier alpha value is -3.78. The minimum Gasteiger partial charge on any atom is -0.457 e. The molecule has 7 nitrogen and oxygen atoms in total. The molecule has 1 amide bonds. The summed E-state index contributed by atoms with van der Waals surface area (Å²) in [5, 5.41) is 13.4. The highest BCUT2D eigenvalue weighted by Crippen LogP contribution is 2.30. The highest BCUT2D eigenvalue weighted by atomic mass is 19.1. The number of aryl methyl sites for hydroxylation is 1. The third-order valence-electron chi connectivity index (χ3n) is 5.89. The van der Waals surface area contributed by atoms with Crippen LogP contribution in [-0.4, -0.2) is 55.2 Å². The van der Waals surface area contributed by atoms with Gasteiger partial charge in [0.2, 0.25) is 0 Å². The molecule has 8 heteroatoms. The van der Waals surface area contributed by atoms with Crippen LogP contribution in [0, 0.1) is 11.2 Å². The van der Waals surface area contributed by atoms with Crippen molar-refractivity contribution in [3.63, 3.8) is 0 Å². The first-order valence-electron chi connectivity index (χ1n) is 11.2. The maximum absolute atomic E-state index is 15.1. The zero-order chi connectivity index (χ0) is 24.2. The molecule has 1 aromatic heterocycles. The van der Waals surface area contributed by atoms with Crippen molar-refractivity contribution in [3.8, 4) is 22.8 Å². The number of carbonyl (C=O) groups excluding carboxylic acids is 1. The van der Waals surface area contributed by atoms with Crippen molar-refractivity contribution in [2.75, 3.05) is 32.5 Å². The number of rotatable bonds is 8. The van der Waals surface area contributed by atoms with Crippen molar-refractivity contribution in [1.29, 1.82) is 5.41 Å². The molecular weight excluding hydrogens is 433 g/mol. The molecule has 1 aliphatic rings. The van der Waals surface area contributed by atoms with Crippen LogP contribution in [0.25, 0.3) is 11.3 Å². The third kappa shape index (κ3) is 4.92. The Balaban J connectivity index is 1.59. The standard InChI is InChI=1S/C26H28FN5O2/c1-4-16-9-18(10-22(27)25(16)26(33)31-19-14-32(3)15-19)24-12-21(7-8-30-24)34-20-6-5-17(13-28)23(11-20)29-2/h5-13,19,28-29H,4,14-15H2,1-3H3,(H,31,33). The maximum atomic E-state index is 15.1. The van der Waals surface area contributed by atoms with Crippen LogP contribution < -0.4 is 15.4 Å². The second-order valence-electron chi connectivity index (χ2n) is 8.36. The smallest absolute Gasteiger partial charge is 0.254 e. The van der Waals surface area contributed by atoms with E-state index in [0.717, 1.165) is 24.3 Å². The number of likely N-dealkylation sites (tertiary alicyclic amines) is 1. The minimum atomic E-state index is -0.562. The molecule has 4 rings (SSSR count). The molecule has 34 heavy (non-hydrogen) atoms. The molecule has 3 aromatic rings. The number of amides is 1. The normalized spacial score (nSPS) is 13.8. The Morgan fingerprint density at radius 3 is 2.68 bits per heavy atom. The predicted molar refractivity (Wildman–Crippen MR) is 132 cm³/mol.